The first-order valence-corrected chi connectivity index (χ1v) is 13.9. The Labute approximate surface area is 226 Å². The smallest absolute Gasteiger partial charge is 0.254 e. The molecule has 1 aliphatic carbocycles. The highest BCUT2D eigenvalue weighted by Crippen LogP contribution is 2.25. The standard InChI is InChI=1S/C31H38ClN3O2/c1-3-24-16-18-25(19-17-24)31(37)33(4-2)23-30(36)35(27-12-6-5-7-13-27)22-28-14-10-20-34(28)21-26-11-8-9-15-29(26)32/h8-11,14-20,27H,3-7,12-13,21-23H2,1-2H3. The van der Waals surface area contributed by atoms with E-state index in [2.05, 4.69) is 17.6 Å². The van der Waals surface area contributed by atoms with Gasteiger partial charge in [0.2, 0.25) is 5.91 Å². The molecule has 196 valence electrons. The zero-order valence-corrected chi connectivity index (χ0v) is 22.8. The summed E-state index contributed by atoms with van der Waals surface area (Å²) >= 11 is 6.43. The highest BCUT2D eigenvalue weighted by molar-refractivity contribution is 6.31. The SMILES string of the molecule is CCc1ccc(C(=O)N(CC)CC(=O)N(Cc2cccn2Cc2ccccc2Cl)C2CCCCC2)cc1. The van der Waals surface area contributed by atoms with Crippen LogP contribution in [0.1, 0.15) is 73.1 Å². The fraction of sp³-hybridized carbons (Fsp3) is 0.419. The first-order valence-electron chi connectivity index (χ1n) is 13.5. The molecule has 0 saturated heterocycles. The van der Waals surface area contributed by atoms with Gasteiger partial charge >= 0.3 is 0 Å². The lowest BCUT2D eigenvalue weighted by molar-refractivity contribution is -0.135. The minimum Gasteiger partial charge on any atom is -0.345 e. The van der Waals surface area contributed by atoms with Gasteiger partial charge in [0, 0.05) is 41.6 Å². The monoisotopic (exact) mass is 519 g/mol. The second kappa shape index (κ2) is 13.0. The van der Waals surface area contributed by atoms with Crippen LogP contribution in [0.4, 0.5) is 0 Å². The largest absolute Gasteiger partial charge is 0.345 e. The van der Waals surface area contributed by atoms with Crippen LogP contribution in [0.3, 0.4) is 0 Å². The predicted octanol–water partition coefficient (Wildman–Crippen LogP) is 6.58. The molecule has 1 heterocycles. The molecule has 2 amide bonds. The zero-order valence-electron chi connectivity index (χ0n) is 22.0. The highest BCUT2D eigenvalue weighted by atomic mass is 35.5. The Hall–Kier alpha value is -3.05. The van der Waals surface area contributed by atoms with E-state index in [0.717, 1.165) is 48.4 Å². The first-order chi connectivity index (χ1) is 18.0. The number of benzene rings is 2. The summed E-state index contributed by atoms with van der Waals surface area (Å²) in [7, 11) is 0. The molecule has 1 saturated carbocycles. The number of carbonyl (C=O) groups excluding carboxylic acids is 2. The molecule has 6 heteroatoms. The minimum atomic E-state index is -0.0933. The Bertz CT molecular complexity index is 1180. The number of aryl methyl sites for hydroxylation is 1. The lowest BCUT2D eigenvalue weighted by atomic mass is 9.94. The summed E-state index contributed by atoms with van der Waals surface area (Å²) in [5, 5.41) is 0.742. The predicted molar refractivity (Wildman–Crippen MR) is 150 cm³/mol. The summed E-state index contributed by atoms with van der Waals surface area (Å²) in [6, 6.07) is 19.9. The summed E-state index contributed by atoms with van der Waals surface area (Å²) < 4.78 is 2.17. The van der Waals surface area contributed by atoms with Crippen molar-refractivity contribution in [3.63, 3.8) is 0 Å². The van der Waals surface area contributed by atoms with Crippen molar-refractivity contribution in [3.8, 4) is 0 Å². The van der Waals surface area contributed by atoms with Crippen molar-refractivity contribution in [2.75, 3.05) is 13.1 Å². The molecule has 37 heavy (non-hydrogen) atoms. The molecule has 0 N–H and O–H groups in total. The summed E-state index contributed by atoms with van der Waals surface area (Å²) in [5.74, 6) is -0.0815. The van der Waals surface area contributed by atoms with E-state index >= 15 is 0 Å². The molecule has 0 spiro atoms. The Morgan fingerprint density at radius 2 is 1.68 bits per heavy atom. The number of hydrogen-bond donors (Lipinski definition) is 0. The molecule has 2 aromatic carbocycles. The van der Waals surface area contributed by atoms with E-state index in [9.17, 15) is 9.59 Å². The van der Waals surface area contributed by atoms with Gasteiger partial charge in [0.1, 0.15) is 6.54 Å². The van der Waals surface area contributed by atoms with Gasteiger partial charge in [-0.25, -0.2) is 0 Å². The van der Waals surface area contributed by atoms with Gasteiger partial charge in [0.25, 0.3) is 5.91 Å². The van der Waals surface area contributed by atoms with Crippen LogP contribution in [0, 0.1) is 0 Å². The van der Waals surface area contributed by atoms with Gasteiger partial charge in [-0.2, -0.15) is 0 Å². The molecular formula is C31H38ClN3O2. The van der Waals surface area contributed by atoms with Crippen molar-refractivity contribution in [3.05, 3.63) is 94.3 Å². The zero-order chi connectivity index (χ0) is 26.2. The lowest BCUT2D eigenvalue weighted by Crippen LogP contribution is -2.47. The number of likely N-dealkylation sites (N-methyl/N-ethyl adjacent to an activating group) is 1. The van der Waals surface area contributed by atoms with E-state index < -0.39 is 0 Å². The number of amides is 2. The Kier molecular flexibility index (Phi) is 9.45. The van der Waals surface area contributed by atoms with Crippen LogP contribution in [-0.2, 0) is 24.3 Å². The van der Waals surface area contributed by atoms with E-state index in [1.165, 1.54) is 12.0 Å². The van der Waals surface area contributed by atoms with E-state index in [4.69, 9.17) is 11.6 Å². The number of hydrogen-bond acceptors (Lipinski definition) is 2. The summed E-state index contributed by atoms with van der Waals surface area (Å²) in [6.07, 6.45) is 8.48. The quantitative estimate of drug-likeness (QED) is 0.304. The number of nitrogens with zero attached hydrogens (tertiary/aromatic N) is 3. The molecule has 1 fully saturated rings. The Morgan fingerprint density at radius 3 is 2.35 bits per heavy atom. The van der Waals surface area contributed by atoms with Crippen molar-refractivity contribution >= 4 is 23.4 Å². The van der Waals surface area contributed by atoms with Crippen molar-refractivity contribution in [2.24, 2.45) is 0 Å². The molecule has 0 bridgehead atoms. The maximum absolute atomic E-state index is 13.8. The molecule has 4 rings (SSSR count). The number of aromatic nitrogens is 1. The molecule has 0 unspecified atom stereocenters. The summed E-state index contributed by atoms with van der Waals surface area (Å²) in [6.45, 7) is 5.79. The van der Waals surface area contributed by atoms with Crippen molar-refractivity contribution in [1.82, 2.24) is 14.4 Å². The molecular weight excluding hydrogens is 482 g/mol. The molecule has 0 aliphatic heterocycles. The average Bonchev–Trinajstić information content (AvgIpc) is 3.38. The molecule has 5 nitrogen and oxygen atoms in total. The van der Waals surface area contributed by atoms with Gasteiger partial charge in [-0.05, 0) is 67.6 Å². The van der Waals surface area contributed by atoms with E-state index in [-0.39, 0.29) is 24.4 Å². The van der Waals surface area contributed by atoms with Crippen LogP contribution in [0.5, 0.6) is 0 Å². The van der Waals surface area contributed by atoms with Crippen molar-refractivity contribution in [2.45, 2.75) is 71.5 Å². The van der Waals surface area contributed by atoms with Crippen molar-refractivity contribution < 1.29 is 9.59 Å². The normalized spacial score (nSPS) is 13.9. The number of rotatable bonds is 10. The average molecular weight is 520 g/mol. The third-order valence-corrected chi connectivity index (χ3v) is 7.86. The topological polar surface area (TPSA) is 45.6 Å². The van der Waals surface area contributed by atoms with Gasteiger partial charge in [0.05, 0.1) is 6.54 Å². The van der Waals surface area contributed by atoms with Gasteiger partial charge in [-0.15, -0.1) is 0 Å². The van der Waals surface area contributed by atoms with Gasteiger partial charge in [-0.3, -0.25) is 9.59 Å². The lowest BCUT2D eigenvalue weighted by Gasteiger charge is -2.36. The van der Waals surface area contributed by atoms with E-state index in [0.29, 0.717) is 25.2 Å². The minimum absolute atomic E-state index is 0.0118. The fourth-order valence-corrected chi connectivity index (χ4v) is 5.39. The van der Waals surface area contributed by atoms with Gasteiger partial charge in [0.15, 0.2) is 0 Å². The van der Waals surface area contributed by atoms with Gasteiger partial charge < -0.3 is 14.4 Å². The molecule has 3 aromatic rings. The number of carbonyl (C=O) groups is 2. The highest BCUT2D eigenvalue weighted by Gasteiger charge is 2.28. The van der Waals surface area contributed by atoms with Gasteiger partial charge in [-0.1, -0.05) is 68.1 Å². The molecule has 1 aliphatic rings. The summed E-state index contributed by atoms with van der Waals surface area (Å²) in [5.41, 5.74) is 3.95. The van der Waals surface area contributed by atoms with Crippen LogP contribution in [0.25, 0.3) is 0 Å². The third kappa shape index (κ3) is 6.84. The van der Waals surface area contributed by atoms with E-state index in [1.54, 1.807) is 4.90 Å². The molecule has 0 radical (unpaired) electrons. The first kappa shape index (κ1) is 27.0. The molecule has 1 aromatic heterocycles. The third-order valence-electron chi connectivity index (χ3n) is 7.49. The summed E-state index contributed by atoms with van der Waals surface area (Å²) in [4.78, 5) is 30.7. The maximum Gasteiger partial charge on any atom is 0.254 e. The maximum atomic E-state index is 13.8. The van der Waals surface area contributed by atoms with E-state index in [1.807, 2.05) is 72.6 Å². The number of halogens is 1. The van der Waals surface area contributed by atoms with Crippen LogP contribution in [0.2, 0.25) is 5.02 Å². The van der Waals surface area contributed by atoms with Crippen LogP contribution >= 0.6 is 11.6 Å². The second-order valence-electron chi connectivity index (χ2n) is 9.90. The molecule has 0 atom stereocenters. The van der Waals surface area contributed by atoms with Crippen LogP contribution in [-0.4, -0.2) is 45.3 Å². The second-order valence-corrected chi connectivity index (χ2v) is 10.3. The van der Waals surface area contributed by atoms with Crippen LogP contribution < -0.4 is 0 Å². The Morgan fingerprint density at radius 1 is 0.946 bits per heavy atom. The van der Waals surface area contributed by atoms with Crippen LogP contribution in [0.15, 0.2) is 66.9 Å². The van der Waals surface area contributed by atoms with Crippen molar-refractivity contribution in [1.29, 1.82) is 0 Å². The Balaban J connectivity index is 1.52. The fourth-order valence-electron chi connectivity index (χ4n) is 5.19.